The van der Waals surface area contributed by atoms with Crippen molar-refractivity contribution in [1.82, 2.24) is 4.90 Å². The van der Waals surface area contributed by atoms with Crippen LogP contribution in [0.15, 0.2) is 46.9 Å². The van der Waals surface area contributed by atoms with Crippen LogP contribution in [-0.4, -0.2) is 29.3 Å². The van der Waals surface area contributed by atoms with E-state index in [9.17, 15) is 14.4 Å². The molecule has 1 aliphatic heterocycles. The molecule has 3 amide bonds. The minimum atomic E-state index is -0.420. The van der Waals surface area contributed by atoms with Gasteiger partial charge in [-0.3, -0.25) is 24.2 Å². The summed E-state index contributed by atoms with van der Waals surface area (Å²) in [6.45, 7) is 1.23. The molecule has 2 aromatic rings. The molecule has 0 atom stereocenters. The second-order valence-corrected chi connectivity index (χ2v) is 6.65. The summed E-state index contributed by atoms with van der Waals surface area (Å²) in [7, 11) is 0. The fraction of sp³-hybridized carbons (Fsp3) is 0.118. The number of rotatable bonds is 3. The van der Waals surface area contributed by atoms with Crippen LogP contribution < -0.4 is 4.90 Å². The quantitative estimate of drug-likeness (QED) is 0.729. The molecule has 0 radical (unpaired) electrons. The normalized spacial score (nSPS) is 13.2. The first-order valence-electron chi connectivity index (χ1n) is 7.08. The molecule has 0 aromatic heterocycles. The Labute approximate surface area is 151 Å². The summed E-state index contributed by atoms with van der Waals surface area (Å²) in [6, 6.07) is 11.5. The van der Waals surface area contributed by atoms with Gasteiger partial charge in [-0.15, -0.1) is 0 Å². The molecule has 0 aliphatic carbocycles. The van der Waals surface area contributed by atoms with E-state index in [1.807, 2.05) is 0 Å². The lowest BCUT2D eigenvalue weighted by molar-refractivity contribution is -0.116. The van der Waals surface area contributed by atoms with E-state index in [0.29, 0.717) is 26.3 Å². The van der Waals surface area contributed by atoms with Crippen molar-refractivity contribution in [3.8, 4) is 0 Å². The first-order valence-corrected chi connectivity index (χ1v) is 8.25. The van der Waals surface area contributed by atoms with Crippen LogP contribution in [0.5, 0.6) is 0 Å². The van der Waals surface area contributed by atoms with Crippen LogP contribution >= 0.6 is 27.5 Å². The summed E-state index contributed by atoms with van der Waals surface area (Å²) in [5.74, 6) is -1.12. The number of amides is 3. The largest absolute Gasteiger partial charge is 0.294 e. The lowest BCUT2D eigenvalue weighted by Gasteiger charge is -2.26. The van der Waals surface area contributed by atoms with E-state index >= 15 is 0 Å². The molecule has 1 aliphatic rings. The summed E-state index contributed by atoms with van der Waals surface area (Å²) in [6.07, 6.45) is 0. The lowest BCUT2D eigenvalue weighted by Crippen LogP contribution is -2.43. The van der Waals surface area contributed by atoms with E-state index in [2.05, 4.69) is 15.9 Å². The topological polar surface area (TPSA) is 57.7 Å². The zero-order valence-corrected chi connectivity index (χ0v) is 15.0. The van der Waals surface area contributed by atoms with Crippen molar-refractivity contribution in [2.24, 2.45) is 0 Å². The van der Waals surface area contributed by atoms with Gasteiger partial charge in [-0.05, 0) is 42.5 Å². The second kappa shape index (κ2) is 6.37. The van der Waals surface area contributed by atoms with Crippen molar-refractivity contribution in [2.45, 2.75) is 6.92 Å². The van der Waals surface area contributed by atoms with E-state index in [1.165, 1.54) is 11.8 Å². The highest BCUT2D eigenvalue weighted by atomic mass is 79.9. The van der Waals surface area contributed by atoms with E-state index < -0.39 is 11.8 Å². The number of carbonyl (C=O) groups is 3. The molecule has 1 heterocycles. The number of halogens is 2. The molecular weight excluding hydrogens is 396 g/mol. The molecular formula is C17H12BrClN2O3. The van der Waals surface area contributed by atoms with Crippen LogP contribution in [-0.2, 0) is 4.79 Å². The van der Waals surface area contributed by atoms with Gasteiger partial charge in [0.05, 0.1) is 11.1 Å². The third-order valence-electron chi connectivity index (χ3n) is 3.73. The van der Waals surface area contributed by atoms with Crippen LogP contribution in [0, 0.1) is 0 Å². The molecule has 0 saturated carbocycles. The smallest absolute Gasteiger partial charge is 0.263 e. The van der Waals surface area contributed by atoms with Crippen molar-refractivity contribution in [1.29, 1.82) is 0 Å². The maximum Gasteiger partial charge on any atom is 0.263 e. The highest BCUT2D eigenvalue weighted by molar-refractivity contribution is 9.10. The van der Waals surface area contributed by atoms with Gasteiger partial charge < -0.3 is 0 Å². The lowest BCUT2D eigenvalue weighted by atomic mass is 10.1. The Balaban J connectivity index is 1.92. The van der Waals surface area contributed by atoms with Crippen LogP contribution in [0.25, 0.3) is 0 Å². The molecule has 24 heavy (non-hydrogen) atoms. The first kappa shape index (κ1) is 16.7. The van der Waals surface area contributed by atoms with Gasteiger partial charge in [0.25, 0.3) is 11.8 Å². The number of carbonyl (C=O) groups excluding carboxylic acids is 3. The van der Waals surface area contributed by atoms with E-state index in [1.54, 1.807) is 42.5 Å². The van der Waals surface area contributed by atoms with E-state index in [0.717, 1.165) is 4.90 Å². The number of imide groups is 1. The fourth-order valence-electron chi connectivity index (χ4n) is 2.52. The summed E-state index contributed by atoms with van der Waals surface area (Å²) in [5, 5.41) is 0.535. The number of anilines is 1. The minimum Gasteiger partial charge on any atom is -0.294 e. The highest BCUT2D eigenvalue weighted by Crippen LogP contribution is 2.27. The van der Waals surface area contributed by atoms with Crippen molar-refractivity contribution in [3.05, 3.63) is 63.1 Å². The molecule has 0 N–H and O–H groups in total. The van der Waals surface area contributed by atoms with Gasteiger partial charge in [0.15, 0.2) is 0 Å². The molecule has 0 saturated heterocycles. The third-order valence-corrected chi connectivity index (χ3v) is 4.48. The van der Waals surface area contributed by atoms with Crippen molar-refractivity contribution in [3.63, 3.8) is 0 Å². The summed E-state index contributed by atoms with van der Waals surface area (Å²) < 4.78 is 0.713. The summed E-state index contributed by atoms with van der Waals surface area (Å²) in [5.41, 5.74) is 1.22. The Bertz CT molecular complexity index is 851. The Morgan fingerprint density at radius 3 is 2.33 bits per heavy atom. The van der Waals surface area contributed by atoms with Gasteiger partial charge in [0.1, 0.15) is 6.67 Å². The van der Waals surface area contributed by atoms with Crippen LogP contribution in [0.3, 0.4) is 0 Å². The van der Waals surface area contributed by atoms with Gasteiger partial charge in [0.2, 0.25) is 5.91 Å². The maximum absolute atomic E-state index is 12.5. The molecule has 0 bridgehead atoms. The van der Waals surface area contributed by atoms with Gasteiger partial charge in [0, 0.05) is 22.1 Å². The van der Waals surface area contributed by atoms with E-state index in [4.69, 9.17) is 11.6 Å². The van der Waals surface area contributed by atoms with Crippen molar-refractivity contribution in [2.75, 3.05) is 11.6 Å². The molecule has 0 fully saturated rings. The number of nitrogens with zero attached hydrogens (tertiary/aromatic N) is 2. The molecule has 0 unspecified atom stereocenters. The number of hydrogen-bond acceptors (Lipinski definition) is 3. The molecule has 5 nitrogen and oxygen atoms in total. The molecule has 0 spiro atoms. The van der Waals surface area contributed by atoms with Gasteiger partial charge in [-0.25, -0.2) is 0 Å². The predicted molar refractivity (Wildman–Crippen MR) is 94.1 cm³/mol. The van der Waals surface area contributed by atoms with Crippen molar-refractivity contribution >= 4 is 50.9 Å². The number of fused-ring (bicyclic) bond motifs is 1. The van der Waals surface area contributed by atoms with Gasteiger partial charge in [-0.2, -0.15) is 0 Å². The zero-order valence-electron chi connectivity index (χ0n) is 12.6. The molecule has 2 aromatic carbocycles. The summed E-state index contributed by atoms with van der Waals surface area (Å²) >= 11 is 9.15. The minimum absolute atomic E-state index is 0.152. The monoisotopic (exact) mass is 406 g/mol. The number of benzene rings is 2. The zero-order chi connectivity index (χ0) is 17.4. The SMILES string of the molecule is CC(=O)N(CN1C(=O)c2ccc(Br)cc2C1=O)c1ccc(Cl)cc1. The van der Waals surface area contributed by atoms with Gasteiger partial charge in [-0.1, -0.05) is 27.5 Å². The van der Waals surface area contributed by atoms with Crippen LogP contribution in [0.4, 0.5) is 5.69 Å². The standard InChI is InChI=1S/C17H12BrClN2O3/c1-10(22)20(13-5-3-12(19)4-6-13)9-21-16(23)14-7-2-11(18)8-15(14)17(21)24/h2-8H,9H2,1H3. The van der Waals surface area contributed by atoms with Gasteiger partial charge >= 0.3 is 0 Å². The maximum atomic E-state index is 12.5. The first-order chi connectivity index (χ1) is 11.4. The average molecular weight is 408 g/mol. The fourth-order valence-corrected chi connectivity index (χ4v) is 3.00. The molecule has 122 valence electrons. The Hall–Kier alpha value is -2.18. The Kier molecular flexibility index (Phi) is 4.43. The Morgan fingerprint density at radius 1 is 1.08 bits per heavy atom. The molecule has 7 heteroatoms. The van der Waals surface area contributed by atoms with Crippen LogP contribution in [0.1, 0.15) is 27.6 Å². The van der Waals surface area contributed by atoms with Crippen LogP contribution in [0.2, 0.25) is 5.02 Å². The average Bonchev–Trinajstić information content (AvgIpc) is 2.77. The highest BCUT2D eigenvalue weighted by Gasteiger charge is 2.37. The summed E-state index contributed by atoms with van der Waals surface area (Å²) in [4.78, 5) is 39.4. The Morgan fingerprint density at radius 2 is 1.71 bits per heavy atom. The molecule has 3 rings (SSSR count). The predicted octanol–water partition coefficient (Wildman–Crippen LogP) is 3.71. The van der Waals surface area contributed by atoms with Crippen molar-refractivity contribution < 1.29 is 14.4 Å². The number of hydrogen-bond donors (Lipinski definition) is 0. The third kappa shape index (κ3) is 2.95. The second-order valence-electron chi connectivity index (χ2n) is 5.29. The van der Waals surface area contributed by atoms with E-state index in [-0.39, 0.29) is 12.6 Å².